The molecular weight excluding hydrogens is 140 g/mol. The first-order valence-corrected chi connectivity index (χ1v) is 3.55. The molecule has 0 amide bonds. The fraction of sp³-hybridized carbons (Fsp3) is 0.444. The maximum atomic E-state index is 10.4. The first-order valence-electron chi connectivity index (χ1n) is 3.55. The highest BCUT2D eigenvalue weighted by Gasteiger charge is 1.93. The molecule has 0 aromatic carbocycles. The van der Waals surface area contributed by atoms with Gasteiger partial charge in [0, 0.05) is 5.92 Å². The van der Waals surface area contributed by atoms with Crippen molar-refractivity contribution in [3.8, 4) is 12.3 Å². The van der Waals surface area contributed by atoms with Crippen molar-refractivity contribution in [1.29, 1.82) is 0 Å². The molecule has 0 heterocycles. The Labute approximate surface area is 67.2 Å². The summed E-state index contributed by atoms with van der Waals surface area (Å²) in [5.74, 6) is 1.29. The van der Waals surface area contributed by atoms with Crippen molar-refractivity contribution in [1.82, 2.24) is 0 Å². The van der Waals surface area contributed by atoms with Gasteiger partial charge < -0.3 is 4.74 Å². The van der Waals surface area contributed by atoms with E-state index in [1.54, 1.807) is 0 Å². The second kappa shape index (κ2) is 6.88. The number of carbonyl (C=O) groups is 1. The van der Waals surface area contributed by atoms with Crippen molar-refractivity contribution in [3.05, 3.63) is 12.7 Å². The highest BCUT2D eigenvalue weighted by Crippen LogP contribution is 1.95. The Hall–Kier alpha value is -1.23. The van der Waals surface area contributed by atoms with Crippen molar-refractivity contribution in [2.45, 2.75) is 19.3 Å². The van der Waals surface area contributed by atoms with E-state index in [9.17, 15) is 4.79 Å². The van der Waals surface area contributed by atoms with Gasteiger partial charge in [-0.1, -0.05) is 6.08 Å². The van der Waals surface area contributed by atoms with Gasteiger partial charge in [0.1, 0.15) is 0 Å². The van der Waals surface area contributed by atoms with Crippen LogP contribution in [-0.4, -0.2) is 12.6 Å². The van der Waals surface area contributed by atoms with E-state index >= 15 is 0 Å². The lowest BCUT2D eigenvalue weighted by Crippen LogP contribution is -2.01. The van der Waals surface area contributed by atoms with Crippen LogP contribution in [0.2, 0.25) is 0 Å². The van der Waals surface area contributed by atoms with E-state index in [0.29, 0.717) is 6.61 Å². The fourth-order valence-corrected chi connectivity index (χ4v) is 0.597. The van der Waals surface area contributed by atoms with E-state index in [1.807, 2.05) is 12.0 Å². The standard InChI is InChI=1S/C9H12O2/c1-3-5-6-7-8-11-9(10)4-2/h2-3H,1,5-8H2. The molecule has 0 N–H and O–H groups in total. The summed E-state index contributed by atoms with van der Waals surface area (Å²) in [4.78, 5) is 10.4. The number of rotatable bonds is 5. The molecular formula is C9H12O2. The fourth-order valence-electron chi connectivity index (χ4n) is 0.597. The third kappa shape index (κ3) is 6.66. The average Bonchev–Trinajstić information content (AvgIpc) is 2.04. The van der Waals surface area contributed by atoms with Crippen molar-refractivity contribution in [2.24, 2.45) is 0 Å². The summed E-state index contributed by atoms with van der Waals surface area (Å²) >= 11 is 0. The van der Waals surface area contributed by atoms with Gasteiger partial charge in [-0.2, -0.15) is 0 Å². The molecule has 0 unspecified atom stereocenters. The number of carbonyl (C=O) groups excluding carboxylic acids is 1. The minimum atomic E-state index is -0.580. The van der Waals surface area contributed by atoms with E-state index in [-0.39, 0.29) is 0 Å². The lowest BCUT2D eigenvalue weighted by atomic mass is 10.2. The third-order valence-corrected chi connectivity index (χ3v) is 1.15. The summed E-state index contributed by atoms with van der Waals surface area (Å²) in [6.07, 6.45) is 9.39. The zero-order chi connectivity index (χ0) is 8.53. The summed E-state index contributed by atoms with van der Waals surface area (Å²) in [6.45, 7) is 3.98. The summed E-state index contributed by atoms with van der Waals surface area (Å²) < 4.78 is 4.63. The van der Waals surface area contributed by atoms with Gasteiger partial charge in [-0.25, -0.2) is 4.79 Å². The van der Waals surface area contributed by atoms with Gasteiger partial charge in [0.25, 0.3) is 0 Å². The second-order valence-electron chi connectivity index (χ2n) is 2.06. The molecule has 0 aromatic rings. The Morgan fingerprint density at radius 2 is 2.36 bits per heavy atom. The van der Waals surface area contributed by atoms with E-state index in [4.69, 9.17) is 6.42 Å². The summed E-state index contributed by atoms with van der Waals surface area (Å²) in [6, 6.07) is 0. The van der Waals surface area contributed by atoms with Gasteiger partial charge in [-0.05, 0) is 19.3 Å². The van der Waals surface area contributed by atoms with Crippen LogP contribution < -0.4 is 0 Å². The normalized spacial score (nSPS) is 8.27. The van der Waals surface area contributed by atoms with E-state index in [0.717, 1.165) is 19.3 Å². The Bertz CT molecular complexity index is 165. The van der Waals surface area contributed by atoms with Crippen LogP contribution in [0, 0.1) is 12.3 Å². The van der Waals surface area contributed by atoms with Crippen LogP contribution in [0.15, 0.2) is 12.7 Å². The van der Waals surface area contributed by atoms with E-state index < -0.39 is 5.97 Å². The molecule has 0 aliphatic rings. The average molecular weight is 152 g/mol. The number of ether oxygens (including phenoxy) is 1. The molecule has 0 saturated carbocycles. The molecule has 11 heavy (non-hydrogen) atoms. The number of terminal acetylenes is 1. The molecule has 0 bridgehead atoms. The number of hydrogen-bond acceptors (Lipinski definition) is 2. The minimum Gasteiger partial charge on any atom is -0.456 e. The molecule has 0 saturated heterocycles. The Morgan fingerprint density at radius 3 is 2.91 bits per heavy atom. The molecule has 0 aliphatic carbocycles. The lowest BCUT2D eigenvalue weighted by Gasteiger charge is -1.97. The van der Waals surface area contributed by atoms with Gasteiger partial charge in [0.2, 0.25) is 0 Å². The molecule has 0 aromatic heterocycles. The molecule has 0 spiro atoms. The smallest absolute Gasteiger partial charge is 0.384 e. The van der Waals surface area contributed by atoms with Crippen LogP contribution in [0.25, 0.3) is 0 Å². The van der Waals surface area contributed by atoms with Crippen LogP contribution in [0.5, 0.6) is 0 Å². The van der Waals surface area contributed by atoms with Crippen LogP contribution in [0.4, 0.5) is 0 Å². The number of unbranched alkanes of at least 4 members (excludes halogenated alkanes) is 2. The monoisotopic (exact) mass is 152 g/mol. The Balaban J connectivity index is 3.09. The van der Waals surface area contributed by atoms with Crippen molar-refractivity contribution < 1.29 is 9.53 Å². The zero-order valence-corrected chi connectivity index (χ0v) is 6.51. The highest BCUT2D eigenvalue weighted by molar-refractivity contribution is 5.87. The number of hydrogen-bond donors (Lipinski definition) is 0. The largest absolute Gasteiger partial charge is 0.456 e. The van der Waals surface area contributed by atoms with Crippen molar-refractivity contribution >= 4 is 5.97 Å². The van der Waals surface area contributed by atoms with Gasteiger partial charge in [-0.3, -0.25) is 0 Å². The molecule has 0 aliphatic heterocycles. The predicted octanol–water partition coefficient (Wildman–Crippen LogP) is 1.52. The molecule has 2 heteroatoms. The molecule has 0 atom stereocenters. The summed E-state index contributed by atoms with van der Waals surface area (Å²) in [5, 5.41) is 0. The number of esters is 1. The van der Waals surface area contributed by atoms with E-state index in [2.05, 4.69) is 11.3 Å². The van der Waals surface area contributed by atoms with Gasteiger partial charge in [0.05, 0.1) is 6.61 Å². The maximum absolute atomic E-state index is 10.4. The summed E-state index contributed by atoms with van der Waals surface area (Å²) in [5.41, 5.74) is 0. The predicted molar refractivity (Wildman–Crippen MR) is 43.8 cm³/mol. The highest BCUT2D eigenvalue weighted by atomic mass is 16.5. The molecule has 0 rings (SSSR count). The van der Waals surface area contributed by atoms with Crippen LogP contribution in [0.3, 0.4) is 0 Å². The van der Waals surface area contributed by atoms with Gasteiger partial charge >= 0.3 is 5.97 Å². The van der Waals surface area contributed by atoms with Crippen LogP contribution >= 0.6 is 0 Å². The second-order valence-corrected chi connectivity index (χ2v) is 2.06. The molecule has 2 nitrogen and oxygen atoms in total. The number of allylic oxidation sites excluding steroid dienone is 1. The van der Waals surface area contributed by atoms with Gasteiger partial charge in [-0.15, -0.1) is 13.0 Å². The van der Waals surface area contributed by atoms with Crippen molar-refractivity contribution in [3.63, 3.8) is 0 Å². The van der Waals surface area contributed by atoms with Crippen molar-refractivity contribution in [2.75, 3.05) is 6.61 Å². The lowest BCUT2D eigenvalue weighted by molar-refractivity contribution is -0.136. The SMILES string of the molecule is C#CC(=O)OCCCCC=C. The van der Waals surface area contributed by atoms with Crippen LogP contribution in [-0.2, 0) is 9.53 Å². The first kappa shape index (κ1) is 9.77. The first-order chi connectivity index (χ1) is 5.31. The third-order valence-electron chi connectivity index (χ3n) is 1.15. The molecule has 60 valence electrons. The maximum Gasteiger partial charge on any atom is 0.384 e. The van der Waals surface area contributed by atoms with E-state index in [1.165, 1.54) is 0 Å². The Morgan fingerprint density at radius 1 is 1.64 bits per heavy atom. The Kier molecular flexibility index (Phi) is 6.11. The molecule has 0 radical (unpaired) electrons. The molecule has 0 fully saturated rings. The zero-order valence-electron chi connectivity index (χ0n) is 6.51. The topological polar surface area (TPSA) is 26.3 Å². The summed E-state index contributed by atoms with van der Waals surface area (Å²) in [7, 11) is 0. The quantitative estimate of drug-likeness (QED) is 0.196. The van der Waals surface area contributed by atoms with Gasteiger partial charge in [0.15, 0.2) is 0 Å². The minimum absolute atomic E-state index is 0.414. The van der Waals surface area contributed by atoms with Crippen LogP contribution in [0.1, 0.15) is 19.3 Å².